The third-order valence-electron chi connectivity index (χ3n) is 4.96. The Hall–Kier alpha value is -3.65. The average Bonchev–Trinajstić information content (AvgIpc) is 2.72. The highest BCUT2D eigenvalue weighted by Gasteiger charge is 2.41. The van der Waals surface area contributed by atoms with E-state index in [1.54, 1.807) is 0 Å². The second kappa shape index (κ2) is 7.88. The van der Waals surface area contributed by atoms with Crippen LogP contribution in [0, 0.1) is 17.1 Å². The first-order valence-corrected chi connectivity index (χ1v) is 10.6. The van der Waals surface area contributed by atoms with E-state index in [-0.39, 0.29) is 28.3 Å². The lowest BCUT2D eigenvalue weighted by molar-refractivity contribution is 0.102. The van der Waals surface area contributed by atoms with Gasteiger partial charge in [-0.05, 0) is 43.3 Å². The molecule has 1 amide bonds. The van der Waals surface area contributed by atoms with E-state index in [9.17, 15) is 22.9 Å². The van der Waals surface area contributed by atoms with Crippen molar-refractivity contribution in [1.29, 1.82) is 5.26 Å². The van der Waals surface area contributed by atoms with Crippen LogP contribution < -0.4 is 15.8 Å². The van der Waals surface area contributed by atoms with Gasteiger partial charge in [-0.25, -0.2) is 22.1 Å². The molecule has 0 radical (unpaired) electrons. The number of rotatable bonds is 4. The molecule has 9 nitrogen and oxygen atoms in total. The molecule has 1 atom stereocenters. The summed E-state index contributed by atoms with van der Waals surface area (Å²) in [7, 11) is -1.10. The number of nitrogens with zero attached hydrogens (tertiary/aromatic N) is 3. The van der Waals surface area contributed by atoms with Crippen molar-refractivity contribution in [3.63, 3.8) is 0 Å². The number of sulfonamides is 1. The first-order chi connectivity index (χ1) is 14.5. The highest BCUT2D eigenvalue weighted by atomic mass is 32.2. The maximum Gasteiger partial charge on any atom is 0.257 e. The van der Waals surface area contributed by atoms with Crippen molar-refractivity contribution in [3.8, 4) is 11.8 Å². The molecule has 0 aromatic heterocycles. The minimum absolute atomic E-state index is 0.0415. The van der Waals surface area contributed by atoms with Crippen molar-refractivity contribution in [2.45, 2.75) is 12.5 Å². The maximum absolute atomic E-state index is 14.6. The van der Waals surface area contributed by atoms with Gasteiger partial charge < -0.3 is 15.8 Å². The summed E-state index contributed by atoms with van der Waals surface area (Å²) in [6.07, 6.45) is 0. The third-order valence-corrected chi connectivity index (χ3v) is 6.91. The molecule has 0 saturated heterocycles. The van der Waals surface area contributed by atoms with Gasteiger partial charge in [-0.1, -0.05) is 0 Å². The number of carbonyl (C=O) groups excluding carboxylic acids is 1. The fourth-order valence-corrected chi connectivity index (χ4v) is 4.69. The van der Waals surface area contributed by atoms with E-state index >= 15 is 0 Å². The van der Waals surface area contributed by atoms with Gasteiger partial charge in [0, 0.05) is 18.3 Å². The summed E-state index contributed by atoms with van der Waals surface area (Å²) in [4.78, 5) is 16.9. The van der Waals surface area contributed by atoms with Gasteiger partial charge in [-0.3, -0.25) is 4.79 Å². The molecule has 2 aromatic carbocycles. The normalized spacial score (nSPS) is 19.8. The number of halogens is 1. The summed E-state index contributed by atoms with van der Waals surface area (Å²) in [6.45, 7) is 1.45. The topological polar surface area (TPSA) is 138 Å². The molecule has 162 valence electrons. The quantitative estimate of drug-likeness (QED) is 0.736. The Morgan fingerprint density at radius 3 is 2.68 bits per heavy atom. The van der Waals surface area contributed by atoms with E-state index in [0.29, 0.717) is 5.75 Å². The lowest BCUT2D eigenvalue weighted by Crippen LogP contribution is -2.50. The first-order valence-electron chi connectivity index (χ1n) is 9.02. The fraction of sp³-hybridized carbons (Fsp3) is 0.250. The van der Waals surface area contributed by atoms with Crippen molar-refractivity contribution in [3.05, 3.63) is 58.9 Å². The van der Waals surface area contributed by atoms with Gasteiger partial charge in [0.05, 0.1) is 24.0 Å². The molecule has 0 aliphatic carbocycles. The lowest BCUT2D eigenvalue weighted by atomic mass is 9.93. The largest absolute Gasteiger partial charge is 0.497 e. The van der Waals surface area contributed by atoms with Crippen molar-refractivity contribution in [2.75, 3.05) is 25.2 Å². The molecule has 0 spiro atoms. The number of amides is 1. The number of hydrogen-bond acceptors (Lipinski definition) is 7. The standard InChI is InChI=1S/C20H20FN5O4S/c1-20(11-31(28,29)26(2)19(23)25-20)16-9-13(4-7-17(16)21)24-18(27)15-6-5-14(30-3)8-12(15)10-22/h4-9H,11H2,1-3H3,(H2,23,25)(H,24,27)/t20-/m0/s1. The highest BCUT2D eigenvalue weighted by molar-refractivity contribution is 7.89. The number of carbonyl (C=O) groups is 1. The van der Waals surface area contributed by atoms with Gasteiger partial charge in [-0.15, -0.1) is 0 Å². The molecular formula is C20H20FN5O4S. The van der Waals surface area contributed by atoms with Gasteiger partial charge in [0.15, 0.2) is 0 Å². The van der Waals surface area contributed by atoms with Crippen LogP contribution in [0.15, 0.2) is 41.4 Å². The number of nitrogens with one attached hydrogen (secondary N) is 1. The van der Waals surface area contributed by atoms with E-state index in [2.05, 4.69) is 10.3 Å². The van der Waals surface area contributed by atoms with Gasteiger partial charge >= 0.3 is 0 Å². The molecule has 11 heteroatoms. The molecular weight excluding hydrogens is 425 g/mol. The Morgan fingerprint density at radius 1 is 1.35 bits per heavy atom. The van der Waals surface area contributed by atoms with Crippen LogP contribution >= 0.6 is 0 Å². The van der Waals surface area contributed by atoms with Gasteiger partial charge in [-0.2, -0.15) is 5.26 Å². The number of methoxy groups -OCH3 is 1. The maximum atomic E-state index is 14.6. The average molecular weight is 445 g/mol. The van der Waals surface area contributed by atoms with Crippen LogP contribution in [0.5, 0.6) is 5.75 Å². The number of nitrogens with two attached hydrogens (primary N) is 1. The zero-order valence-electron chi connectivity index (χ0n) is 17.0. The molecule has 2 aromatic rings. The summed E-state index contributed by atoms with van der Waals surface area (Å²) < 4.78 is 45.3. The Kier molecular flexibility index (Phi) is 5.61. The Morgan fingerprint density at radius 2 is 2.06 bits per heavy atom. The van der Waals surface area contributed by atoms with Crippen LogP contribution in [0.1, 0.15) is 28.4 Å². The van der Waals surface area contributed by atoms with E-state index < -0.39 is 33.0 Å². The predicted molar refractivity (Wildman–Crippen MR) is 113 cm³/mol. The molecule has 0 unspecified atom stereocenters. The summed E-state index contributed by atoms with van der Waals surface area (Å²) in [5.41, 5.74) is 4.61. The molecule has 3 rings (SSSR count). The summed E-state index contributed by atoms with van der Waals surface area (Å²) in [6, 6.07) is 10.1. The number of anilines is 1. The number of benzene rings is 2. The molecule has 1 aliphatic heterocycles. The van der Waals surface area contributed by atoms with Crippen molar-refractivity contribution < 1.29 is 22.3 Å². The number of aliphatic imine (C=N–C) groups is 1. The molecule has 0 bridgehead atoms. The van der Waals surface area contributed by atoms with Gasteiger partial charge in [0.25, 0.3) is 5.91 Å². The molecule has 0 fully saturated rings. The predicted octanol–water partition coefficient (Wildman–Crippen LogP) is 1.76. The number of guanidine groups is 1. The number of hydrogen-bond donors (Lipinski definition) is 2. The zero-order chi connectivity index (χ0) is 23.0. The lowest BCUT2D eigenvalue weighted by Gasteiger charge is -2.34. The van der Waals surface area contributed by atoms with E-state index in [4.69, 9.17) is 10.5 Å². The molecule has 0 saturated carbocycles. The second-order valence-corrected chi connectivity index (χ2v) is 9.14. The molecule has 1 aliphatic rings. The van der Waals surface area contributed by atoms with Gasteiger partial charge in [0.2, 0.25) is 16.0 Å². The van der Waals surface area contributed by atoms with Crippen molar-refractivity contribution in [1.82, 2.24) is 4.31 Å². The summed E-state index contributed by atoms with van der Waals surface area (Å²) in [5.74, 6) is -1.63. The minimum Gasteiger partial charge on any atom is -0.497 e. The second-order valence-electron chi connectivity index (χ2n) is 7.14. The Labute approximate surface area is 179 Å². The summed E-state index contributed by atoms with van der Waals surface area (Å²) in [5, 5.41) is 11.9. The smallest absolute Gasteiger partial charge is 0.257 e. The van der Waals surface area contributed by atoms with Crippen molar-refractivity contribution in [2.24, 2.45) is 10.7 Å². The van der Waals surface area contributed by atoms with Crippen LogP contribution in [-0.2, 0) is 15.6 Å². The number of nitriles is 1. The third kappa shape index (κ3) is 4.15. The molecule has 1 heterocycles. The van der Waals surface area contributed by atoms with E-state index in [1.807, 2.05) is 6.07 Å². The molecule has 31 heavy (non-hydrogen) atoms. The SMILES string of the molecule is COc1ccc(C(=O)Nc2ccc(F)c([C@]3(C)CS(=O)(=O)N(C)C(N)=N3)c2)c(C#N)c1. The van der Waals surface area contributed by atoms with Crippen LogP contribution in [0.4, 0.5) is 10.1 Å². The van der Waals surface area contributed by atoms with Crippen LogP contribution in [0.25, 0.3) is 0 Å². The van der Waals surface area contributed by atoms with E-state index in [0.717, 1.165) is 10.4 Å². The zero-order valence-corrected chi connectivity index (χ0v) is 17.8. The van der Waals surface area contributed by atoms with Crippen LogP contribution in [0.2, 0.25) is 0 Å². The first kappa shape index (κ1) is 22.0. The Bertz CT molecular complexity index is 1240. The highest BCUT2D eigenvalue weighted by Crippen LogP contribution is 2.35. The fourth-order valence-electron chi connectivity index (χ4n) is 3.24. The number of ether oxygens (including phenoxy) is 1. The van der Waals surface area contributed by atoms with Gasteiger partial charge in [0.1, 0.15) is 23.2 Å². The monoisotopic (exact) mass is 445 g/mol. The minimum atomic E-state index is -3.80. The van der Waals surface area contributed by atoms with Crippen LogP contribution in [0.3, 0.4) is 0 Å². The van der Waals surface area contributed by atoms with E-state index in [1.165, 1.54) is 51.4 Å². The van der Waals surface area contributed by atoms with Crippen molar-refractivity contribution >= 4 is 27.6 Å². The Balaban J connectivity index is 1.98. The molecule has 3 N–H and O–H groups in total. The van der Waals surface area contributed by atoms with Crippen LogP contribution in [-0.4, -0.2) is 44.5 Å². The summed E-state index contributed by atoms with van der Waals surface area (Å²) >= 11 is 0.